The quantitative estimate of drug-likeness (QED) is 0.806. The third-order valence-electron chi connectivity index (χ3n) is 4.13. The smallest absolute Gasteiger partial charge is 0.360 e. The fraction of sp³-hybridized carbons (Fsp3) is 0.786. The molecule has 0 radical (unpaired) electrons. The lowest BCUT2D eigenvalue weighted by atomic mass is 10.0. The zero-order chi connectivity index (χ0) is 14.5. The lowest BCUT2D eigenvalue weighted by Crippen LogP contribution is -2.22. The Labute approximate surface area is 119 Å². The lowest BCUT2D eigenvalue weighted by molar-refractivity contribution is 0.0591. The minimum atomic E-state index is -0.399. The number of carbonyl (C=O) groups excluding carboxylic acids is 1. The zero-order valence-electron chi connectivity index (χ0n) is 12.6. The third-order valence-corrected chi connectivity index (χ3v) is 4.13. The van der Waals surface area contributed by atoms with Crippen LogP contribution >= 0.6 is 0 Å². The first-order chi connectivity index (χ1) is 9.71. The van der Waals surface area contributed by atoms with E-state index < -0.39 is 5.97 Å². The van der Waals surface area contributed by atoms with E-state index >= 15 is 0 Å². The van der Waals surface area contributed by atoms with Gasteiger partial charge in [0.1, 0.15) is 0 Å². The Morgan fingerprint density at radius 3 is 2.80 bits per heavy atom. The van der Waals surface area contributed by atoms with Gasteiger partial charge in [-0.05, 0) is 25.3 Å². The van der Waals surface area contributed by atoms with Crippen LogP contribution in [0.5, 0.6) is 0 Å². The number of rotatable bonds is 6. The van der Waals surface area contributed by atoms with Gasteiger partial charge in [0.05, 0.1) is 18.8 Å². The SMILES string of the molecule is CCC(CC)Cn1nnc(C(=O)OC)c1C1CCCN1. The van der Waals surface area contributed by atoms with Gasteiger partial charge in [0.2, 0.25) is 0 Å². The van der Waals surface area contributed by atoms with Gasteiger partial charge in [-0.3, -0.25) is 0 Å². The van der Waals surface area contributed by atoms with Gasteiger partial charge in [-0.15, -0.1) is 5.10 Å². The van der Waals surface area contributed by atoms with Crippen LogP contribution < -0.4 is 5.32 Å². The van der Waals surface area contributed by atoms with E-state index in [0.29, 0.717) is 11.6 Å². The van der Waals surface area contributed by atoms with Crippen LogP contribution in [-0.4, -0.2) is 34.6 Å². The van der Waals surface area contributed by atoms with Crippen LogP contribution in [0.25, 0.3) is 0 Å². The van der Waals surface area contributed by atoms with Gasteiger partial charge in [0.25, 0.3) is 0 Å². The number of ether oxygens (including phenoxy) is 1. The largest absolute Gasteiger partial charge is 0.464 e. The Kier molecular flexibility index (Phi) is 5.11. The van der Waals surface area contributed by atoms with Crippen molar-refractivity contribution in [3.8, 4) is 0 Å². The summed E-state index contributed by atoms with van der Waals surface area (Å²) in [7, 11) is 1.38. The maximum absolute atomic E-state index is 11.9. The molecular formula is C14H24N4O2. The molecule has 6 nitrogen and oxygen atoms in total. The monoisotopic (exact) mass is 280 g/mol. The van der Waals surface area contributed by atoms with E-state index in [4.69, 9.17) is 4.74 Å². The summed E-state index contributed by atoms with van der Waals surface area (Å²) in [6, 6.07) is 0.161. The van der Waals surface area contributed by atoms with E-state index in [1.807, 2.05) is 4.68 Å². The predicted molar refractivity (Wildman–Crippen MR) is 75.4 cm³/mol. The predicted octanol–water partition coefficient (Wildman–Crippen LogP) is 1.93. The molecule has 1 aliphatic heterocycles. The van der Waals surface area contributed by atoms with Gasteiger partial charge in [0.15, 0.2) is 5.69 Å². The zero-order valence-corrected chi connectivity index (χ0v) is 12.6. The van der Waals surface area contributed by atoms with E-state index in [0.717, 1.165) is 44.5 Å². The highest BCUT2D eigenvalue weighted by Crippen LogP contribution is 2.26. The first-order valence-corrected chi connectivity index (χ1v) is 7.46. The Balaban J connectivity index is 2.30. The van der Waals surface area contributed by atoms with Crippen molar-refractivity contribution in [2.75, 3.05) is 13.7 Å². The summed E-state index contributed by atoms with van der Waals surface area (Å²) in [6.07, 6.45) is 4.32. The molecule has 2 rings (SSSR count). The maximum atomic E-state index is 11.9. The molecule has 1 aromatic rings. The average molecular weight is 280 g/mol. The van der Waals surface area contributed by atoms with Crippen LogP contribution in [0.4, 0.5) is 0 Å². The van der Waals surface area contributed by atoms with Crippen molar-refractivity contribution in [1.82, 2.24) is 20.3 Å². The van der Waals surface area contributed by atoms with Crippen LogP contribution in [0.3, 0.4) is 0 Å². The van der Waals surface area contributed by atoms with Gasteiger partial charge in [0, 0.05) is 6.54 Å². The summed E-state index contributed by atoms with van der Waals surface area (Å²) in [5.41, 5.74) is 1.25. The molecular weight excluding hydrogens is 256 g/mol. The fourth-order valence-electron chi connectivity index (χ4n) is 2.75. The highest BCUT2D eigenvalue weighted by atomic mass is 16.5. The normalized spacial score (nSPS) is 18.7. The fourth-order valence-corrected chi connectivity index (χ4v) is 2.75. The first kappa shape index (κ1) is 15.0. The van der Waals surface area contributed by atoms with Gasteiger partial charge in [-0.2, -0.15) is 0 Å². The molecule has 0 saturated carbocycles. The topological polar surface area (TPSA) is 69.0 Å². The minimum Gasteiger partial charge on any atom is -0.464 e. The molecule has 0 amide bonds. The summed E-state index contributed by atoms with van der Waals surface area (Å²) < 4.78 is 6.72. The van der Waals surface area contributed by atoms with Crippen LogP contribution in [-0.2, 0) is 11.3 Å². The molecule has 20 heavy (non-hydrogen) atoms. The number of esters is 1. The van der Waals surface area contributed by atoms with E-state index in [9.17, 15) is 4.79 Å². The van der Waals surface area contributed by atoms with E-state index in [2.05, 4.69) is 29.5 Å². The number of nitrogens with one attached hydrogen (secondary N) is 1. The highest BCUT2D eigenvalue weighted by molar-refractivity contribution is 5.88. The first-order valence-electron chi connectivity index (χ1n) is 7.46. The standard InChI is InChI=1S/C14H24N4O2/c1-4-10(5-2)9-18-13(11-7-6-8-15-11)12(16-17-18)14(19)20-3/h10-11,15H,4-9H2,1-3H3. The molecule has 0 bridgehead atoms. The molecule has 1 atom stereocenters. The Hall–Kier alpha value is -1.43. The molecule has 2 heterocycles. The van der Waals surface area contributed by atoms with Crippen molar-refractivity contribution in [3.05, 3.63) is 11.4 Å². The van der Waals surface area contributed by atoms with Crippen LogP contribution in [0.15, 0.2) is 0 Å². The van der Waals surface area contributed by atoms with Gasteiger partial charge >= 0.3 is 5.97 Å². The average Bonchev–Trinajstić information content (AvgIpc) is 3.12. The molecule has 0 aliphatic carbocycles. The molecule has 6 heteroatoms. The molecule has 1 saturated heterocycles. The molecule has 112 valence electrons. The highest BCUT2D eigenvalue weighted by Gasteiger charge is 2.29. The number of carbonyl (C=O) groups is 1. The van der Waals surface area contributed by atoms with Crippen LogP contribution in [0, 0.1) is 5.92 Å². The molecule has 1 unspecified atom stereocenters. The van der Waals surface area contributed by atoms with E-state index in [1.165, 1.54) is 7.11 Å². The van der Waals surface area contributed by atoms with Crippen molar-refractivity contribution < 1.29 is 9.53 Å². The van der Waals surface area contributed by atoms with Crippen molar-refractivity contribution >= 4 is 5.97 Å². The number of hydrogen-bond donors (Lipinski definition) is 1. The molecule has 1 aromatic heterocycles. The van der Waals surface area contributed by atoms with Gasteiger partial charge in [-0.1, -0.05) is 31.9 Å². The second kappa shape index (κ2) is 6.83. The number of aromatic nitrogens is 3. The van der Waals surface area contributed by atoms with Crippen molar-refractivity contribution in [2.24, 2.45) is 5.92 Å². The number of hydrogen-bond acceptors (Lipinski definition) is 5. The number of nitrogens with zero attached hydrogens (tertiary/aromatic N) is 3. The lowest BCUT2D eigenvalue weighted by Gasteiger charge is -2.17. The van der Waals surface area contributed by atoms with Crippen molar-refractivity contribution in [2.45, 2.75) is 52.1 Å². The number of methoxy groups -OCH3 is 1. The Morgan fingerprint density at radius 1 is 1.50 bits per heavy atom. The maximum Gasteiger partial charge on any atom is 0.360 e. The van der Waals surface area contributed by atoms with E-state index in [-0.39, 0.29) is 6.04 Å². The summed E-state index contributed by atoms with van der Waals surface area (Å²) in [5.74, 6) is 0.159. The van der Waals surface area contributed by atoms with Crippen LogP contribution in [0.2, 0.25) is 0 Å². The van der Waals surface area contributed by atoms with Gasteiger partial charge in [-0.25, -0.2) is 9.48 Å². The van der Waals surface area contributed by atoms with Crippen LogP contribution in [0.1, 0.15) is 61.8 Å². The second-order valence-electron chi connectivity index (χ2n) is 5.33. The molecule has 0 aromatic carbocycles. The Morgan fingerprint density at radius 2 is 2.25 bits per heavy atom. The second-order valence-corrected chi connectivity index (χ2v) is 5.33. The summed E-state index contributed by atoms with van der Waals surface area (Å²) in [5, 5.41) is 11.7. The van der Waals surface area contributed by atoms with Gasteiger partial charge < -0.3 is 10.1 Å². The Bertz CT molecular complexity index is 448. The van der Waals surface area contributed by atoms with E-state index in [1.54, 1.807) is 0 Å². The molecule has 1 fully saturated rings. The summed E-state index contributed by atoms with van der Waals surface area (Å²) in [4.78, 5) is 11.9. The van der Waals surface area contributed by atoms with Crippen molar-refractivity contribution in [3.63, 3.8) is 0 Å². The molecule has 1 aliphatic rings. The van der Waals surface area contributed by atoms with Crippen molar-refractivity contribution in [1.29, 1.82) is 0 Å². The minimum absolute atomic E-state index is 0.161. The third kappa shape index (κ3) is 3.00. The molecule has 1 N–H and O–H groups in total. The molecule has 0 spiro atoms. The summed E-state index contributed by atoms with van der Waals surface area (Å²) in [6.45, 7) is 6.14. The summed E-state index contributed by atoms with van der Waals surface area (Å²) >= 11 is 0.